The topological polar surface area (TPSA) is 69.3 Å². The molecule has 0 bridgehead atoms. The number of carbonyl (C=O) groups excluding carboxylic acids is 2. The first-order chi connectivity index (χ1) is 19.3. The van der Waals surface area contributed by atoms with Gasteiger partial charge in [-0.3, -0.25) is 4.79 Å². The van der Waals surface area contributed by atoms with Crippen LogP contribution in [0.5, 0.6) is 0 Å². The lowest BCUT2D eigenvalue weighted by molar-refractivity contribution is -0.122. The third-order valence-electron chi connectivity index (χ3n) is 7.47. The van der Waals surface area contributed by atoms with E-state index < -0.39 is 17.7 Å². The van der Waals surface area contributed by atoms with Crippen molar-refractivity contribution in [3.8, 4) is 22.5 Å². The van der Waals surface area contributed by atoms with E-state index in [-0.39, 0.29) is 31.2 Å². The molecular weight excluding hydrogens is 510 g/mol. The van der Waals surface area contributed by atoms with Gasteiger partial charge in [-0.2, -0.15) is 0 Å². The molecule has 0 spiro atoms. The Morgan fingerprint density at radius 1 is 1.02 bits per heavy atom. The smallest absolute Gasteiger partial charge is 0.320 e. The van der Waals surface area contributed by atoms with Crippen LogP contribution in [0.3, 0.4) is 0 Å². The number of aromatic amines is 1. The van der Waals surface area contributed by atoms with E-state index in [0.29, 0.717) is 18.7 Å². The Morgan fingerprint density at radius 2 is 1.77 bits per heavy atom. The van der Waals surface area contributed by atoms with Crippen LogP contribution in [-0.4, -0.2) is 44.7 Å². The zero-order chi connectivity index (χ0) is 28.2. The summed E-state index contributed by atoms with van der Waals surface area (Å²) in [5.41, 5.74) is 5.60. The second-order valence-corrected chi connectivity index (χ2v) is 10.2. The highest BCUT2D eigenvalue weighted by Gasteiger charge is 2.34. The van der Waals surface area contributed by atoms with Crippen LogP contribution < -0.4 is 0 Å². The van der Waals surface area contributed by atoms with Gasteiger partial charge in [-0.15, -0.1) is 0 Å². The highest BCUT2D eigenvalue weighted by atomic mass is 19.2. The van der Waals surface area contributed by atoms with Crippen molar-refractivity contribution in [2.75, 3.05) is 13.1 Å². The van der Waals surface area contributed by atoms with Crippen LogP contribution in [0.2, 0.25) is 0 Å². The molecule has 1 aromatic heterocycles. The Morgan fingerprint density at radius 3 is 2.48 bits per heavy atom. The molecule has 0 aliphatic carbocycles. The van der Waals surface area contributed by atoms with Crippen molar-refractivity contribution in [2.45, 2.75) is 45.7 Å². The number of imidazole rings is 1. The first-order valence-electron chi connectivity index (χ1n) is 13.6. The Labute approximate surface area is 232 Å². The number of carbonyl (C=O) groups is 2. The van der Waals surface area contributed by atoms with Crippen molar-refractivity contribution in [3.63, 3.8) is 0 Å². The third-order valence-corrected chi connectivity index (χ3v) is 7.47. The molecule has 1 atom stereocenters. The Hall–Kier alpha value is -4.33. The van der Waals surface area contributed by atoms with Gasteiger partial charge in [0, 0.05) is 50.4 Å². The summed E-state index contributed by atoms with van der Waals surface area (Å²) in [5.74, 6) is -1.13. The second-order valence-electron chi connectivity index (χ2n) is 10.2. The zero-order valence-electron chi connectivity index (χ0n) is 22.7. The van der Waals surface area contributed by atoms with Gasteiger partial charge in [0.15, 0.2) is 11.6 Å². The number of nitrogens with one attached hydrogen (secondary N) is 1. The fourth-order valence-corrected chi connectivity index (χ4v) is 5.24. The fourth-order valence-electron chi connectivity index (χ4n) is 5.24. The van der Waals surface area contributed by atoms with E-state index in [9.17, 15) is 18.4 Å². The van der Waals surface area contributed by atoms with E-state index in [1.807, 2.05) is 26.0 Å². The van der Waals surface area contributed by atoms with Crippen LogP contribution in [0, 0.1) is 18.6 Å². The van der Waals surface area contributed by atoms with Gasteiger partial charge in [0.25, 0.3) is 0 Å². The number of Topliss-reactive ketones (excluding diaryl/α,β-unsaturated/α-hetero) is 1. The van der Waals surface area contributed by atoms with Crippen molar-refractivity contribution in [3.05, 3.63) is 101 Å². The summed E-state index contributed by atoms with van der Waals surface area (Å²) in [4.78, 5) is 37.1. The van der Waals surface area contributed by atoms with Gasteiger partial charge >= 0.3 is 6.03 Å². The summed E-state index contributed by atoms with van der Waals surface area (Å²) in [5, 5.41) is 0. The number of halogens is 2. The van der Waals surface area contributed by atoms with E-state index >= 15 is 0 Å². The second kappa shape index (κ2) is 11.8. The molecule has 2 heterocycles. The number of benzene rings is 3. The normalized spacial score (nSPS) is 15.3. The van der Waals surface area contributed by atoms with Crippen molar-refractivity contribution < 1.29 is 18.4 Å². The molecule has 2 amide bonds. The van der Waals surface area contributed by atoms with E-state index in [4.69, 9.17) is 0 Å². The summed E-state index contributed by atoms with van der Waals surface area (Å²) >= 11 is 0. The monoisotopic (exact) mass is 542 g/mol. The number of aromatic nitrogens is 2. The number of likely N-dealkylation sites (tertiary alicyclic amines) is 1. The van der Waals surface area contributed by atoms with E-state index in [2.05, 4.69) is 40.3 Å². The molecule has 3 aromatic carbocycles. The Balaban J connectivity index is 1.39. The number of piperidine rings is 1. The minimum Gasteiger partial charge on any atom is -0.345 e. The average molecular weight is 543 g/mol. The van der Waals surface area contributed by atoms with Gasteiger partial charge in [0.05, 0.1) is 6.04 Å². The van der Waals surface area contributed by atoms with Gasteiger partial charge in [0.2, 0.25) is 0 Å². The lowest BCUT2D eigenvalue weighted by Crippen LogP contribution is -2.48. The first kappa shape index (κ1) is 27.2. The minimum absolute atomic E-state index is 0.00226. The summed E-state index contributed by atoms with van der Waals surface area (Å²) in [6, 6.07) is 17.1. The number of rotatable bonds is 7. The summed E-state index contributed by atoms with van der Waals surface area (Å²) in [6.07, 6.45) is 4.59. The number of hydrogen-bond acceptors (Lipinski definition) is 3. The molecule has 206 valence electrons. The molecule has 8 heteroatoms. The maximum atomic E-state index is 14.1. The first-order valence-corrected chi connectivity index (χ1v) is 13.6. The molecule has 1 unspecified atom stereocenters. The minimum atomic E-state index is -0.988. The number of aryl methyl sites for hydroxylation is 1. The average Bonchev–Trinajstić information content (AvgIpc) is 3.50. The molecule has 6 nitrogen and oxygen atoms in total. The van der Waals surface area contributed by atoms with Gasteiger partial charge in [0.1, 0.15) is 11.6 Å². The van der Waals surface area contributed by atoms with Crippen LogP contribution >= 0.6 is 0 Å². The lowest BCUT2D eigenvalue weighted by atomic mass is 9.94. The zero-order valence-corrected chi connectivity index (χ0v) is 22.7. The van der Waals surface area contributed by atoms with Gasteiger partial charge in [-0.1, -0.05) is 49.4 Å². The highest BCUT2D eigenvalue weighted by molar-refractivity contribution is 5.84. The van der Waals surface area contributed by atoms with Crippen molar-refractivity contribution in [1.82, 2.24) is 19.8 Å². The molecule has 40 heavy (non-hydrogen) atoms. The number of amides is 2. The largest absolute Gasteiger partial charge is 0.345 e. The standard InChI is InChI=1S/C32H32F2N4O2/c1-3-15-37(32(40)38-16-12-27(39)19-30(38)25-10-11-28(33)29(34)18-25)20-26-17-24(5-4-21(26)2)22-6-8-23(9-7-22)31-35-13-14-36-31/h4-11,13-14,17-18,30H,3,12,15-16,19-20H2,1-2H3,(H,35,36). The summed E-state index contributed by atoms with van der Waals surface area (Å²) in [6.45, 7) is 5.19. The van der Waals surface area contributed by atoms with E-state index in [1.165, 1.54) is 6.07 Å². The number of urea groups is 1. The van der Waals surface area contributed by atoms with Crippen LogP contribution in [0.25, 0.3) is 22.5 Å². The molecule has 0 radical (unpaired) electrons. The molecule has 1 aliphatic heterocycles. The van der Waals surface area contributed by atoms with Crippen LogP contribution in [0.4, 0.5) is 13.6 Å². The van der Waals surface area contributed by atoms with E-state index in [1.54, 1.807) is 22.2 Å². The van der Waals surface area contributed by atoms with Gasteiger partial charge in [-0.05, 0) is 59.4 Å². The van der Waals surface area contributed by atoms with E-state index in [0.717, 1.165) is 52.2 Å². The quantitative estimate of drug-likeness (QED) is 0.272. The molecule has 1 N–H and O–H groups in total. The Bertz CT molecular complexity index is 1500. The third kappa shape index (κ3) is 5.81. The number of hydrogen-bond donors (Lipinski definition) is 1. The fraction of sp³-hybridized carbons (Fsp3) is 0.281. The maximum Gasteiger partial charge on any atom is 0.320 e. The molecule has 0 saturated carbocycles. The molecule has 1 aliphatic rings. The number of nitrogens with zero attached hydrogens (tertiary/aromatic N) is 3. The number of H-pyrrole nitrogens is 1. The number of ketones is 1. The van der Waals surface area contributed by atoms with Gasteiger partial charge in [-0.25, -0.2) is 18.6 Å². The van der Waals surface area contributed by atoms with Crippen molar-refractivity contribution in [1.29, 1.82) is 0 Å². The molecule has 1 saturated heterocycles. The summed E-state index contributed by atoms with van der Waals surface area (Å²) in [7, 11) is 0. The predicted molar refractivity (Wildman–Crippen MR) is 150 cm³/mol. The SMILES string of the molecule is CCCN(Cc1cc(-c2ccc(-c3ncc[nH]3)cc2)ccc1C)C(=O)N1CCC(=O)CC1c1ccc(F)c(F)c1. The predicted octanol–water partition coefficient (Wildman–Crippen LogP) is 7.07. The van der Waals surface area contributed by atoms with Crippen LogP contribution in [-0.2, 0) is 11.3 Å². The van der Waals surface area contributed by atoms with Gasteiger partial charge < -0.3 is 14.8 Å². The molecule has 5 rings (SSSR count). The van der Waals surface area contributed by atoms with Crippen LogP contribution in [0.15, 0.2) is 73.1 Å². The van der Waals surface area contributed by atoms with Crippen molar-refractivity contribution in [2.24, 2.45) is 0 Å². The molecular formula is C32H32F2N4O2. The lowest BCUT2D eigenvalue weighted by Gasteiger charge is -2.39. The highest BCUT2D eigenvalue weighted by Crippen LogP contribution is 2.32. The molecule has 4 aromatic rings. The maximum absolute atomic E-state index is 14.1. The van der Waals surface area contributed by atoms with Crippen LogP contribution in [0.1, 0.15) is 48.9 Å². The van der Waals surface area contributed by atoms with Crippen molar-refractivity contribution >= 4 is 11.8 Å². The Kier molecular flexibility index (Phi) is 8.05. The summed E-state index contributed by atoms with van der Waals surface area (Å²) < 4.78 is 27.7. The molecule has 1 fully saturated rings.